The van der Waals surface area contributed by atoms with E-state index in [-0.39, 0.29) is 0 Å². The van der Waals surface area contributed by atoms with Gasteiger partial charge >= 0.3 is 0 Å². The topological polar surface area (TPSA) is 48.1 Å². The lowest BCUT2D eigenvalue weighted by Crippen LogP contribution is -2.00. The first-order valence-corrected chi connectivity index (χ1v) is 4.31. The molecular weight excluding hydrogens is 160 g/mol. The maximum Gasteiger partial charge on any atom is 0.119 e. The molecule has 62 valence electrons. The van der Waals surface area contributed by atoms with Gasteiger partial charge in [-0.05, 0) is 13.0 Å². The number of rotatable bonds is 4. The maximum atomic E-state index is 5.39. The summed E-state index contributed by atoms with van der Waals surface area (Å²) in [5.74, 6) is 0. The van der Waals surface area contributed by atoms with Gasteiger partial charge in [0.05, 0.1) is 6.61 Å². The van der Waals surface area contributed by atoms with Crippen molar-refractivity contribution in [3.8, 4) is 0 Å². The van der Waals surface area contributed by atoms with Crippen LogP contribution in [0.3, 0.4) is 0 Å². The summed E-state index contributed by atoms with van der Waals surface area (Å²) in [5.41, 5.74) is 5.39. The molecule has 0 unspecified atom stereocenters. The molecule has 4 heteroatoms. The monoisotopic (exact) mass is 172 g/mol. The minimum absolute atomic E-state index is 0.606. The number of thiazole rings is 1. The van der Waals surface area contributed by atoms with Crippen molar-refractivity contribution in [3.05, 3.63) is 16.1 Å². The number of methoxy groups -OCH3 is 1. The van der Waals surface area contributed by atoms with Crippen molar-refractivity contribution in [2.75, 3.05) is 13.7 Å². The van der Waals surface area contributed by atoms with Crippen LogP contribution in [0.25, 0.3) is 0 Å². The highest BCUT2D eigenvalue weighted by atomic mass is 32.1. The normalized spacial score (nSPS) is 10.4. The smallest absolute Gasteiger partial charge is 0.119 e. The largest absolute Gasteiger partial charge is 0.378 e. The maximum absolute atomic E-state index is 5.39. The molecule has 0 aliphatic rings. The van der Waals surface area contributed by atoms with E-state index in [4.69, 9.17) is 10.5 Å². The summed E-state index contributed by atoms with van der Waals surface area (Å²) in [7, 11) is 1.67. The van der Waals surface area contributed by atoms with Crippen LogP contribution in [0.4, 0.5) is 0 Å². The van der Waals surface area contributed by atoms with Crippen molar-refractivity contribution in [1.29, 1.82) is 0 Å². The van der Waals surface area contributed by atoms with E-state index >= 15 is 0 Å². The van der Waals surface area contributed by atoms with E-state index in [9.17, 15) is 0 Å². The molecule has 11 heavy (non-hydrogen) atoms. The molecule has 0 spiro atoms. The van der Waals surface area contributed by atoms with Gasteiger partial charge in [0.1, 0.15) is 5.01 Å². The second kappa shape index (κ2) is 4.43. The average molecular weight is 172 g/mol. The van der Waals surface area contributed by atoms with E-state index in [1.165, 1.54) is 4.88 Å². The highest BCUT2D eigenvalue weighted by molar-refractivity contribution is 7.11. The summed E-state index contributed by atoms with van der Waals surface area (Å²) in [6, 6.07) is 0. The molecule has 0 radical (unpaired) electrons. The first-order valence-electron chi connectivity index (χ1n) is 3.49. The average Bonchev–Trinajstić information content (AvgIpc) is 2.38. The molecular formula is C7H12N2OS. The Morgan fingerprint density at radius 3 is 3.18 bits per heavy atom. The Kier molecular flexibility index (Phi) is 3.48. The van der Waals surface area contributed by atoms with E-state index in [1.807, 2.05) is 6.20 Å². The van der Waals surface area contributed by atoms with Gasteiger partial charge in [0.25, 0.3) is 0 Å². The molecule has 0 fully saturated rings. The molecule has 0 saturated heterocycles. The van der Waals surface area contributed by atoms with Crippen molar-refractivity contribution in [3.63, 3.8) is 0 Å². The van der Waals surface area contributed by atoms with Gasteiger partial charge < -0.3 is 10.5 Å². The fourth-order valence-corrected chi connectivity index (χ4v) is 1.71. The lowest BCUT2D eigenvalue weighted by molar-refractivity contribution is 0.184. The lowest BCUT2D eigenvalue weighted by atomic mass is 10.4. The predicted molar refractivity (Wildman–Crippen MR) is 45.6 cm³/mol. The first kappa shape index (κ1) is 8.64. The van der Waals surface area contributed by atoms with Crippen LogP contribution in [0.2, 0.25) is 0 Å². The van der Waals surface area contributed by atoms with E-state index in [0.29, 0.717) is 13.2 Å². The molecule has 1 rings (SSSR count). The van der Waals surface area contributed by atoms with E-state index in [2.05, 4.69) is 4.98 Å². The standard InChI is InChI=1S/C7H12N2OS/c1-10-5-7-9-4-6(11-7)2-3-8/h4H,2-3,5,8H2,1H3. The van der Waals surface area contributed by atoms with Crippen LogP contribution in [-0.2, 0) is 17.8 Å². The summed E-state index contributed by atoms with van der Waals surface area (Å²) in [5, 5.41) is 1.02. The molecule has 1 heterocycles. The van der Waals surface area contributed by atoms with Gasteiger partial charge in [-0.3, -0.25) is 0 Å². The van der Waals surface area contributed by atoms with Crippen molar-refractivity contribution in [2.24, 2.45) is 5.73 Å². The Bertz CT molecular complexity index is 191. The molecule has 0 atom stereocenters. The quantitative estimate of drug-likeness (QED) is 0.730. The Labute approximate surface area is 70.2 Å². The zero-order valence-corrected chi connectivity index (χ0v) is 7.36. The third kappa shape index (κ3) is 2.57. The minimum Gasteiger partial charge on any atom is -0.378 e. The lowest BCUT2D eigenvalue weighted by Gasteiger charge is -1.90. The fraction of sp³-hybridized carbons (Fsp3) is 0.571. The highest BCUT2D eigenvalue weighted by Gasteiger charge is 1.99. The fourth-order valence-electron chi connectivity index (χ4n) is 0.796. The van der Waals surface area contributed by atoms with Crippen LogP contribution in [-0.4, -0.2) is 18.6 Å². The van der Waals surface area contributed by atoms with Crippen LogP contribution in [0, 0.1) is 0 Å². The van der Waals surface area contributed by atoms with E-state index in [1.54, 1.807) is 18.4 Å². The third-order valence-corrected chi connectivity index (χ3v) is 2.29. The molecule has 0 aromatic carbocycles. The van der Waals surface area contributed by atoms with Gasteiger partial charge in [0.2, 0.25) is 0 Å². The molecule has 3 nitrogen and oxygen atoms in total. The SMILES string of the molecule is COCc1ncc(CCN)s1. The number of hydrogen-bond acceptors (Lipinski definition) is 4. The van der Waals surface area contributed by atoms with Gasteiger partial charge in [-0.25, -0.2) is 4.98 Å². The predicted octanol–water partition coefficient (Wildman–Crippen LogP) is 0.791. The van der Waals surface area contributed by atoms with Crippen LogP contribution < -0.4 is 5.73 Å². The highest BCUT2D eigenvalue weighted by Crippen LogP contribution is 2.13. The van der Waals surface area contributed by atoms with Gasteiger partial charge in [-0.2, -0.15) is 0 Å². The Morgan fingerprint density at radius 2 is 2.55 bits per heavy atom. The Morgan fingerprint density at radius 1 is 1.73 bits per heavy atom. The van der Waals surface area contributed by atoms with Gasteiger partial charge in [-0.15, -0.1) is 11.3 Å². The number of nitrogens with zero attached hydrogens (tertiary/aromatic N) is 1. The van der Waals surface area contributed by atoms with Crippen molar-refractivity contribution < 1.29 is 4.74 Å². The first-order chi connectivity index (χ1) is 5.36. The second-order valence-corrected chi connectivity index (χ2v) is 3.39. The summed E-state index contributed by atoms with van der Waals surface area (Å²) in [4.78, 5) is 5.40. The van der Waals surface area contributed by atoms with Crippen molar-refractivity contribution in [1.82, 2.24) is 4.98 Å². The minimum atomic E-state index is 0.606. The van der Waals surface area contributed by atoms with E-state index in [0.717, 1.165) is 11.4 Å². The molecule has 0 aliphatic carbocycles. The number of ether oxygens (including phenoxy) is 1. The van der Waals surface area contributed by atoms with E-state index < -0.39 is 0 Å². The van der Waals surface area contributed by atoms with Crippen LogP contribution in [0.15, 0.2) is 6.20 Å². The van der Waals surface area contributed by atoms with Crippen LogP contribution in [0.1, 0.15) is 9.88 Å². The van der Waals surface area contributed by atoms with Gasteiger partial charge in [0.15, 0.2) is 0 Å². The Balaban J connectivity index is 2.51. The van der Waals surface area contributed by atoms with Crippen molar-refractivity contribution in [2.45, 2.75) is 13.0 Å². The summed E-state index contributed by atoms with van der Waals surface area (Å²) in [6.45, 7) is 1.30. The van der Waals surface area contributed by atoms with Crippen LogP contribution >= 0.6 is 11.3 Å². The summed E-state index contributed by atoms with van der Waals surface area (Å²) < 4.78 is 4.94. The third-order valence-electron chi connectivity index (χ3n) is 1.26. The molecule has 1 aromatic heterocycles. The molecule has 0 aliphatic heterocycles. The van der Waals surface area contributed by atoms with Gasteiger partial charge in [-0.1, -0.05) is 0 Å². The Hall–Kier alpha value is -0.450. The second-order valence-electron chi connectivity index (χ2n) is 2.19. The zero-order valence-electron chi connectivity index (χ0n) is 6.54. The molecule has 0 amide bonds. The van der Waals surface area contributed by atoms with Gasteiger partial charge in [0, 0.05) is 18.2 Å². The molecule has 1 aromatic rings. The number of aromatic nitrogens is 1. The summed E-state index contributed by atoms with van der Waals surface area (Å²) in [6.07, 6.45) is 2.78. The van der Waals surface area contributed by atoms with Crippen molar-refractivity contribution >= 4 is 11.3 Å². The summed E-state index contributed by atoms with van der Waals surface area (Å²) >= 11 is 1.67. The van der Waals surface area contributed by atoms with Crippen LogP contribution in [0.5, 0.6) is 0 Å². The molecule has 0 saturated carbocycles. The number of nitrogens with two attached hydrogens (primary N) is 1. The number of hydrogen-bond donors (Lipinski definition) is 1. The molecule has 2 N–H and O–H groups in total. The molecule has 0 bridgehead atoms. The zero-order chi connectivity index (χ0) is 8.10.